The molecule has 0 aliphatic carbocycles. The van der Waals surface area contributed by atoms with Crippen molar-refractivity contribution >= 4 is 33.2 Å². The fraction of sp³-hybridized carbons (Fsp3) is 0. The van der Waals surface area contributed by atoms with E-state index in [1.54, 1.807) is 0 Å². The second kappa shape index (κ2) is 2.22. The van der Waals surface area contributed by atoms with E-state index in [2.05, 4.69) is 4.37 Å². The van der Waals surface area contributed by atoms with Crippen LogP contribution in [0, 0.1) is 0 Å². The summed E-state index contributed by atoms with van der Waals surface area (Å²) in [5.74, 6) is 0. The van der Waals surface area contributed by atoms with Gasteiger partial charge in [-0.05, 0) is 17.6 Å². The average molecular weight is 172 g/mol. The lowest BCUT2D eigenvalue weighted by Gasteiger charge is -1.83. The number of hydrogen-bond acceptors (Lipinski definition) is 2. The molecule has 0 amide bonds. The van der Waals surface area contributed by atoms with E-state index in [1.807, 2.05) is 24.3 Å². The fourth-order valence-corrected chi connectivity index (χ4v) is 1.86. The van der Waals surface area contributed by atoms with Crippen molar-refractivity contribution in [3.8, 4) is 0 Å². The molecule has 0 fully saturated rings. The van der Waals surface area contributed by atoms with Crippen LogP contribution in [0.15, 0.2) is 24.3 Å². The molecule has 10 heavy (non-hydrogen) atoms. The van der Waals surface area contributed by atoms with E-state index in [-0.39, 0.29) is 0 Å². The molecule has 1 aromatic carbocycles. The summed E-state index contributed by atoms with van der Waals surface area (Å²) in [5.41, 5.74) is 0. The number of benzene rings is 1. The Balaban J connectivity index is 2.93. The predicted octanol–water partition coefficient (Wildman–Crippen LogP) is 2.95. The SMILES string of the molecule is Cl[14c]1nsc2ccccc21. The highest BCUT2D eigenvalue weighted by atomic mass is 35.5. The summed E-state index contributed by atoms with van der Waals surface area (Å²) in [7, 11) is 0. The molecule has 0 radical (unpaired) electrons. The number of fused-ring (bicyclic) bond motifs is 1. The van der Waals surface area contributed by atoms with Gasteiger partial charge in [0.25, 0.3) is 0 Å². The van der Waals surface area contributed by atoms with Crippen LogP contribution in [-0.4, -0.2) is 4.37 Å². The Morgan fingerprint density at radius 2 is 2.20 bits per heavy atom. The van der Waals surface area contributed by atoms with Crippen LogP contribution in [0.1, 0.15) is 0 Å². The smallest absolute Gasteiger partial charge is 0.150 e. The largest absolute Gasteiger partial charge is 0.180 e. The topological polar surface area (TPSA) is 12.9 Å². The Bertz CT molecular complexity index is 355. The Hall–Kier alpha value is -0.600. The first-order valence-electron chi connectivity index (χ1n) is 2.88. The zero-order chi connectivity index (χ0) is 6.97. The quantitative estimate of drug-likeness (QED) is 0.594. The van der Waals surface area contributed by atoms with Gasteiger partial charge in [-0.1, -0.05) is 29.8 Å². The highest BCUT2D eigenvalue weighted by Gasteiger charge is 1.99. The number of halogens is 1. The van der Waals surface area contributed by atoms with Gasteiger partial charge in [-0.25, -0.2) is 0 Å². The Morgan fingerprint density at radius 3 is 3.00 bits per heavy atom. The summed E-state index contributed by atoms with van der Waals surface area (Å²) < 4.78 is 5.15. The minimum Gasteiger partial charge on any atom is -0.180 e. The summed E-state index contributed by atoms with van der Waals surface area (Å²) in [6, 6.07) is 7.93. The predicted molar refractivity (Wildman–Crippen MR) is 44.6 cm³/mol. The maximum absolute atomic E-state index is 5.77. The summed E-state index contributed by atoms with van der Waals surface area (Å²) in [4.78, 5) is 0. The van der Waals surface area contributed by atoms with Crippen LogP contribution in [0.5, 0.6) is 0 Å². The Kier molecular flexibility index (Phi) is 1.36. The van der Waals surface area contributed by atoms with E-state index in [4.69, 9.17) is 11.6 Å². The number of rotatable bonds is 0. The first-order chi connectivity index (χ1) is 4.88. The fourth-order valence-electron chi connectivity index (χ4n) is 0.855. The third kappa shape index (κ3) is 0.805. The van der Waals surface area contributed by atoms with Crippen LogP contribution in [-0.2, 0) is 0 Å². The van der Waals surface area contributed by atoms with Gasteiger partial charge in [0.2, 0.25) is 0 Å². The molecule has 0 bridgehead atoms. The molecule has 0 aliphatic heterocycles. The third-order valence-electron chi connectivity index (χ3n) is 1.33. The molecule has 0 spiro atoms. The van der Waals surface area contributed by atoms with E-state index < -0.39 is 0 Å². The van der Waals surface area contributed by atoms with E-state index in [1.165, 1.54) is 11.5 Å². The molecule has 50 valence electrons. The van der Waals surface area contributed by atoms with Gasteiger partial charge in [0.1, 0.15) is 0 Å². The Labute approximate surface area is 67.4 Å². The van der Waals surface area contributed by atoms with E-state index in [9.17, 15) is 0 Å². The minimum atomic E-state index is 0.612. The van der Waals surface area contributed by atoms with Crippen molar-refractivity contribution < 1.29 is 0 Å². The van der Waals surface area contributed by atoms with Gasteiger partial charge in [0, 0.05) is 5.39 Å². The maximum atomic E-state index is 5.77. The van der Waals surface area contributed by atoms with Crippen LogP contribution in [0.2, 0.25) is 5.15 Å². The van der Waals surface area contributed by atoms with Crippen molar-refractivity contribution in [3.05, 3.63) is 29.4 Å². The van der Waals surface area contributed by atoms with Crippen molar-refractivity contribution in [2.75, 3.05) is 0 Å². The lowest BCUT2D eigenvalue weighted by Crippen LogP contribution is -1.60. The third-order valence-corrected chi connectivity index (χ3v) is 2.55. The van der Waals surface area contributed by atoms with Crippen LogP contribution in [0.3, 0.4) is 0 Å². The summed E-state index contributed by atoms with van der Waals surface area (Å²) in [5, 5.41) is 1.66. The number of hydrogen-bond donors (Lipinski definition) is 0. The second-order valence-electron chi connectivity index (χ2n) is 1.97. The normalized spacial score (nSPS) is 10.5. The molecule has 0 saturated heterocycles. The van der Waals surface area contributed by atoms with Gasteiger partial charge in [-0.15, -0.1) is 0 Å². The van der Waals surface area contributed by atoms with Crippen molar-refractivity contribution in [2.24, 2.45) is 0 Å². The molecule has 3 heteroatoms. The van der Waals surface area contributed by atoms with Gasteiger partial charge in [-0.3, -0.25) is 0 Å². The molecule has 0 atom stereocenters. The molecule has 2 aromatic rings. The molecule has 0 N–H and O–H groups in total. The highest BCUT2D eigenvalue weighted by molar-refractivity contribution is 7.13. The number of aromatic nitrogens is 1. The zero-order valence-corrected chi connectivity index (χ0v) is 6.62. The molecular weight excluding hydrogens is 168 g/mol. The summed E-state index contributed by atoms with van der Waals surface area (Å²) in [6.45, 7) is 0. The maximum Gasteiger partial charge on any atom is 0.150 e. The lowest BCUT2D eigenvalue weighted by molar-refractivity contribution is 1.60. The molecule has 2 rings (SSSR count). The zero-order valence-electron chi connectivity index (χ0n) is 5.04. The standard InChI is InChI=1S/C7H4ClNS/c8-7-5-3-1-2-4-6(5)10-9-7/h1-4H/i7+2. The van der Waals surface area contributed by atoms with Crippen molar-refractivity contribution in [2.45, 2.75) is 0 Å². The van der Waals surface area contributed by atoms with Gasteiger partial charge < -0.3 is 0 Å². The van der Waals surface area contributed by atoms with E-state index >= 15 is 0 Å². The summed E-state index contributed by atoms with van der Waals surface area (Å²) in [6.07, 6.45) is 0. The van der Waals surface area contributed by atoms with Gasteiger partial charge in [-0.2, -0.15) is 4.37 Å². The van der Waals surface area contributed by atoms with Crippen LogP contribution >= 0.6 is 23.1 Å². The Morgan fingerprint density at radius 1 is 1.40 bits per heavy atom. The minimum absolute atomic E-state index is 0.612. The van der Waals surface area contributed by atoms with Crippen LogP contribution in [0.25, 0.3) is 10.1 Å². The molecule has 1 aromatic heterocycles. The second-order valence-corrected chi connectivity index (χ2v) is 3.13. The summed E-state index contributed by atoms with van der Waals surface area (Å²) >= 11 is 7.20. The van der Waals surface area contributed by atoms with E-state index in [0.717, 1.165) is 10.1 Å². The molecule has 1 heterocycles. The van der Waals surface area contributed by atoms with Gasteiger partial charge in [0.15, 0.2) is 5.15 Å². The lowest BCUT2D eigenvalue weighted by atomic mass is 10.3. The van der Waals surface area contributed by atoms with Crippen LogP contribution < -0.4 is 0 Å². The highest BCUT2D eigenvalue weighted by Crippen LogP contribution is 2.25. The molecule has 0 saturated carbocycles. The van der Waals surface area contributed by atoms with E-state index in [0.29, 0.717) is 5.15 Å². The molecule has 1 nitrogen and oxygen atoms in total. The average Bonchev–Trinajstić information content (AvgIpc) is 2.34. The molecule has 0 aliphatic rings. The van der Waals surface area contributed by atoms with Gasteiger partial charge >= 0.3 is 0 Å². The first kappa shape index (κ1) is 6.13. The van der Waals surface area contributed by atoms with Crippen LogP contribution in [0.4, 0.5) is 0 Å². The van der Waals surface area contributed by atoms with Crippen molar-refractivity contribution in [1.29, 1.82) is 0 Å². The van der Waals surface area contributed by atoms with Crippen molar-refractivity contribution in [1.82, 2.24) is 4.37 Å². The van der Waals surface area contributed by atoms with Crippen molar-refractivity contribution in [3.63, 3.8) is 0 Å². The monoisotopic (exact) mass is 171 g/mol. The first-order valence-corrected chi connectivity index (χ1v) is 4.03. The van der Waals surface area contributed by atoms with Gasteiger partial charge in [0.05, 0.1) is 4.70 Å². The number of nitrogens with zero attached hydrogens (tertiary/aromatic N) is 1. The molecular formula is C7H4ClNS. The molecule has 0 unspecified atom stereocenters.